The van der Waals surface area contributed by atoms with Gasteiger partial charge in [0, 0.05) is 17.6 Å². The number of carbonyl (C=O) groups excluding carboxylic acids is 1. The van der Waals surface area contributed by atoms with Gasteiger partial charge in [-0.15, -0.1) is 0 Å². The summed E-state index contributed by atoms with van der Waals surface area (Å²) in [6.45, 7) is 7.28. The first-order chi connectivity index (χ1) is 9.95. The summed E-state index contributed by atoms with van der Waals surface area (Å²) in [5.74, 6) is 0. The number of nitrogens with zero attached hydrogens (tertiary/aromatic N) is 1. The van der Waals surface area contributed by atoms with E-state index in [1.165, 1.54) is 4.90 Å². The Balaban J connectivity index is 2.11. The van der Waals surface area contributed by atoms with Crippen LogP contribution >= 0.6 is 15.9 Å². The van der Waals surface area contributed by atoms with Gasteiger partial charge in [-0.05, 0) is 52.0 Å². The molecule has 0 radical (unpaired) electrons. The summed E-state index contributed by atoms with van der Waals surface area (Å²) in [5.41, 5.74) is -0.590. The first kappa shape index (κ1) is 17.3. The van der Waals surface area contributed by atoms with Gasteiger partial charge in [-0.25, -0.2) is 13.2 Å². The molecular weight excluding hydrogens is 370 g/mol. The predicted molar refractivity (Wildman–Crippen MR) is 87.5 cm³/mol. The summed E-state index contributed by atoms with van der Waals surface area (Å²) >= 11 is 3.29. The zero-order valence-corrected chi connectivity index (χ0v) is 15.5. The Morgan fingerprint density at radius 2 is 1.73 bits per heavy atom. The minimum Gasteiger partial charge on any atom is -0.444 e. The average Bonchev–Trinajstić information content (AvgIpc) is 2.33. The molecular formula is C15H20BrNO4S. The number of benzene rings is 1. The third-order valence-corrected chi connectivity index (χ3v) is 6.45. The van der Waals surface area contributed by atoms with Gasteiger partial charge in [0.15, 0.2) is 9.84 Å². The predicted octanol–water partition coefficient (Wildman–Crippen LogP) is 3.23. The second-order valence-electron chi connectivity index (χ2n) is 6.74. The Morgan fingerprint density at radius 1 is 1.23 bits per heavy atom. The minimum absolute atomic E-state index is 0.139. The lowest BCUT2D eigenvalue weighted by atomic mass is 10.0. The highest BCUT2D eigenvalue weighted by Crippen LogP contribution is 2.35. The SMILES string of the molecule is CC(C)(C)OC(=O)N1CC(C)(S(=O)(=O)c2ccc(Br)cc2)C1. The molecule has 1 aliphatic rings. The Bertz CT molecular complexity index is 670. The summed E-state index contributed by atoms with van der Waals surface area (Å²) in [6, 6.07) is 6.53. The third kappa shape index (κ3) is 3.30. The van der Waals surface area contributed by atoms with Crippen molar-refractivity contribution in [2.75, 3.05) is 13.1 Å². The van der Waals surface area contributed by atoms with Crippen molar-refractivity contribution in [2.24, 2.45) is 0 Å². The fourth-order valence-corrected chi connectivity index (χ4v) is 4.26. The lowest BCUT2D eigenvalue weighted by molar-refractivity contribution is 0.00547. The molecule has 5 nitrogen and oxygen atoms in total. The van der Waals surface area contributed by atoms with Crippen LogP contribution in [0.4, 0.5) is 4.79 Å². The summed E-state index contributed by atoms with van der Waals surface area (Å²) in [5, 5.41) is 0. The number of halogens is 1. The van der Waals surface area contributed by atoms with Crippen molar-refractivity contribution < 1.29 is 17.9 Å². The number of hydrogen-bond acceptors (Lipinski definition) is 4. The Kier molecular flexibility index (Phi) is 4.34. The van der Waals surface area contributed by atoms with E-state index >= 15 is 0 Å². The fourth-order valence-electron chi connectivity index (χ4n) is 2.28. The smallest absolute Gasteiger partial charge is 0.410 e. The molecule has 1 amide bonds. The summed E-state index contributed by atoms with van der Waals surface area (Å²) in [6.07, 6.45) is -0.476. The quantitative estimate of drug-likeness (QED) is 0.778. The third-order valence-electron chi connectivity index (χ3n) is 3.48. The van der Waals surface area contributed by atoms with E-state index in [0.717, 1.165) is 4.47 Å². The van der Waals surface area contributed by atoms with Crippen LogP contribution in [0.15, 0.2) is 33.6 Å². The molecule has 1 aromatic carbocycles. The second kappa shape index (κ2) is 5.53. The fraction of sp³-hybridized carbons (Fsp3) is 0.533. The van der Waals surface area contributed by atoms with E-state index < -0.39 is 26.3 Å². The van der Waals surface area contributed by atoms with E-state index in [4.69, 9.17) is 4.74 Å². The molecule has 1 aromatic rings. The molecule has 1 aliphatic heterocycles. The van der Waals surface area contributed by atoms with Gasteiger partial charge in [-0.2, -0.15) is 0 Å². The number of sulfone groups is 1. The van der Waals surface area contributed by atoms with E-state index in [9.17, 15) is 13.2 Å². The highest BCUT2D eigenvalue weighted by atomic mass is 79.9. The van der Waals surface area contributed by atoms with Crippen LogP contribution in [0.2, 0.25) is 0 Å². The molecule has 1 fully saturated rings. The molecule has 0 spiro atoms. The standard InChI is InChI=1S/C15H20BrNO4S/c1-14(2,3)21-13(18)17-9-15(4,10-17)22(19,20)12-7-5-11(16)6-8-12/h5-8H,9-10H2,1-4H3. The van der Waals surface area contributed by atoms with Gasteiger partial charge in [0.05, 0.1) is 4.90 Å². The van der Waals surface area contributed by atoms with Crippen LogP contribution in [0.5, 0.6) is 0 Å². The van der Waals surface area contributed by atoms with Crippen LogP contribution in [0.25, 0.3) is 0 Å². The van der Waals surface area contributed by atoms with Crippen molar-refractivity contribution in [3.05, 3.63) is 28.7 Å². The van der Waals surface area contributed by atoms with E-state index in [0.29, 0.717) is 0 Å². The van der Waals surface area contributed by atoms with Crippen molar-refractivity contribution in [1.29, 1.82) is 0 Å². The largest absolute Gasteiger partial charge is 0.444 e. The average molecular weight is 390 g/mol. The van der Waals surface area contributed by atoms with Gasteiger partial charge in [0.25, 0.3) is 0 Å². The number of ether oxygens (including phenoxy) is 1. The summed E-state index contributed by atoms with van der Waals surface area (Å²) in [7, 11) is -3.50. The van der Waals surface area contributed by atoms with E-state index in [-0.39, 0.29) is 18.0 Å². The van der Waals surface area contributed by atoms with Gasteiger partial charge in [-0.3, -0.25) is 0 Å². The minimum atomic E-state index is -3.50. The molecule has 1 heterocycles. The molecule has 0 unspecified atom stereocenters. The van der Waals surface area contributed by atoms with Gasteiger partial charge < -0.3 is 9.64 Å². The molecule has 7 heteroatoms. The van der Waals surface area contributed by atoms with Gasteiger partial charge in [-0.1, -0.05) is 15.9 Å². The number of hydrogen-bond donors (Lipinski definition) is 0. The number of amides is 1. The van der Waals surface area contributed by atoms with Crippen molar-refractivity contribution in [3.63, 3.8) is 0 Å². The molecule has 0 bridgehead atoms. The maximum Gasteiger partial charge on any atom is 0.410 e. The Labute approximate surface area is 139 Å². The zero-order valence-electron chi connectivity index (χ0n) is 13.1. The first-order valence-electron chi connectivity index (χ1n) is 6.93. The van der Waals surface area contributed by atoms with E-state index in [1.54, 1.807) is 52.0 Å². The Hall–Kier alpha value is -1.08. The van der Waals surface area contributed by atoms with Crippen LogP contribution in [0.1, 0.15) is 27.7 Å². The van der Waals surface area contributed by atoms with E-state index in [2.05, 4.69) is 15.9 Å². The van der Waals surface area contributed by atoms with E-state index in [1.807, 2.05) is 0 Å². The number of rotatable bonds is 2. The molecule has 0 saturated carbocycles. The van der Waals surface area contributed by atoms with Crippen molar-refractivity contribution in [3.8, 4) is 0 Å². The van der Waals surface area contributed by atoms with Crippen molar-refractivity contribution in [1.82, 2.24) is 4.90 Å². The molecule has 1 saturated heterocycles. The zero-order chi connectivity index (χ0) is 16.8. The summed E-state index contributed by atoms with van der Waals surface area (Å²) in [4.78, 5) is 13.6. The van der Waals surface area contributed by atoms with Gasteiger partial charge >= 0.3 is 6.09 Å². The molecule has 0 aliphatic carbocycles. The van der Waals surface area contributed by atoms with Crippen LogP contribution < -0.4 is 0 Å². The monoisotopic (exact) mass is 389 g/mol. The second-order valence-corrected chi connectivity index (χ2v) is 10.1. The molecule has 0 aromatic heterocycles. The van der Waals surface area contributed by atoms with Crippen LogP contribution in [-0.4, -0.2) is 42.8 Å². The summed E-state index contributed by atoms with van der Waals surface area (Å²) < 4.78 is 30.5. The Morgan fingerprint density at radius 3 is 2.18 bits per heavy atom. The lowest BCUT2D eigenvalue weighted by Crippen LogP contribution is -2.65. The van der Waals surface area contributed by atoms with Crippen LogP contribution in [0.3, 0.4) is 0 Å². The number of likely N-dealkylation sites (tertiary alicyclic amines) is 1. The first-order valence-corrected chi connectivity index (χ1v) is 9.20. The van der Waals surface area contributed by atoms with Gasteiger partial charge in [0.1, 0.15) is 10.3 Å². The number of carbonyl (C=O) groups is 1. The molecule has 0 atom stereocenters. The molecule has 2 rings (SSSR count). The van der Waals surface area contributed by atoms with Crippen LogP contribution in [-0.2, 0) is 14.6 Å². The van der Waals surface area contributed by atoms with Crippen molar-refractivity contribution >= 4 is 31.9 Å². The highest BCUT2D eigenvalue weighted by Gasteiger charge is 2.52. The normalized spacial score (nSPS) is 17.8. The lowest BCUT2D eigenvalue weighted by Gasteiger charge is -2.46. The molecule has 22 heavy (non-hydrogen) atoms. The molecule has 122 valence electrons. The van der Waals surface area contributed by atoms with Crippen LogP contribution in [0, 0.1) is 0 Å². The van der Waals surface area contributed by atoms with Gasteiger partial charge in [0.2, 0.25) is 0 Å². The maximum absolute atomic E-state index is 12.7. The van der Waals surface area contributed by atoms with Crippen molar-refractivity contribution in [2.45, 2.75) is 42.9 Å². The molecule has 0 N–H and O–H groups in total. The maximum atomic E-state index is 12.7. The highest BCUT2D eigenvalue weighted by molar-refractivity contribution is 9.10. The topological polar surface area (TPSA) is 63.7 Å².